The van der Waals surface area contributed by atoms with E-state index in [-0.39, 0.29) is 11.7 Å². The highest BCUT2D eigenvalue weighted by Crippen LogP contribution is 2.32. The van der Waals surface area contributed by atoms with Crippen LogP contribution in [-0.2, 0) is 10.8 Å². The van der Waals surface area contributed by atoms with E-state index >= 15 is 0 Å². The van der Waals surface area contributed by atoms with Crippen molar-refractivity contribution in [3.05, 3.63) is 47.0 Å². The quantitative estimate of drug-likeness (QED) is 0.904. The van der Waals surface area contributed by atoms with Crippen LogP contribution >= 0.6 is 0 Å². The van der Waals surface area contributed by atoms with Crippen molar-refractivity contribution in [2.24, 2.45) is 0 Å². The molecule has 0 aliphatic heterocycles. The van der Waals surface area contributed by atoms with E-state index in [1.165, 1.54) is 0 Å². The normalized spacial score (nSPS) is 12.5. The van der Waals surface area contributed by atoms with E-state index in [0.717, 1.165) is 32.2 Å². The molecule has 1 N–H and O–H groups in total. The molecular formula is C19H25NO2S. The maximum Gasteiger partial charge on any atom is 0.119 e. The molecule has 3 nitrogen and oxygen atoms in total. The van der Waals surface area contributed by atoms with Crippen molar-refractivity contribution < 1.29 is 9.32 Å². The summed E-state index contributed by atoms with van der Waals surface area (Å²) in [7, 11) is 2.74. The number of aryl methyl sites for hydroxylation is 2. The van der Waals surface area contributed by atoms with Gasteiger partial charge in [0.2, 0.25) is 0 Å². The summed E-state index contributed by atoms with van der Waals surface area (Å²) in [5, 5.41) is 9.96. The van der Waals surface area contributed by atoms with Gasteiger partial charge in [0.1, 0.15) is 5.75 Å². The van der Waals surface area contributed by atoms with E-state index in [2.05, 4.69) is 12.1 Å². The zero-order chi connectivity index (χ0) is 17.3. The summed E-state index contributed by atoms with van der Waals surface area (Å²) in [6.07, 6.45) is 0. The number of benzene rings is 2. The summed E-state index contributed by atoms with van der Waals surface area (Å²) in [5.74, 6) is 0.447. The lowest BCUT2D eigenvalue weighted by atomic mass is 10.0. The van der Waals surface area contributed by atoms with Gasteiger partial charge in [-0.1, -0.05) is 13.8 Å². The molecule has 1 unspecified atom stereocenters. The molecule has 0 amide bonds. The van der Waals surface area contributed by atoms with Gasteiger partial charge in [-0.3, -0.25) is 0 Å². The van der Waals surface area contributed by atoms with Crippen molar-refractivity contribution in [1.82, 2.24) is 0 Å². The summed E-state index contributed by atoms with van der Waals surface area (Å²) < 4.78 is 13.1. The number of nitrogens with zero attached hydrogens (tertiary/aromatic N) is 1. The fourth-order valence-corrected chi connectivity index (χ4v) is 4.07. The van der Waals surface area contributed by atoms with Gasteiger partial charge in [0.25, 0.3) is 0 Å². The third kappa shape index (κ3) is 3.58. The molecule has 0 spiro atoms. The van der Waals surface area contributed by atoms with Gasteiger partial charge < -0.3 is 10.0 Å². The number of hydrogen-bond donors (Lipinski definition) is 1. The maximum absolute atomic E-state index is 13.1. The zero-order valence-corrected chi connectivity index (χ0v) is 15.5. The summed E-state index contributed by atoms with van der Waals surface area (Å²) in [5.41, 5.74) is 3.97. The lowest BCUT2D eigenvalue weighted by molar-refractivity contribution is 0.464. The molecule has 0 fully saturated rings. The van der Waals surface area contributed by atoms with Crippen LogP contribution in [0.3, 0.4) is 0 Å². The van der Waals surface area contributed by atoms with E-state index in [9.17, 15) is 9.32 Å². The number of rotatable bonds is 4. The number of aromatic hydroxyl groups is 1. The standard InChI is InChI=1S/C19H25NO2S/c1-12(2)17-11-16(7-8-18(17)21)23(22)19-13(3)9-15(20(5)6)10-14(19)4/h7-12,21H,1-6H3. The Morgan fingerprint density at radius 1 is 1.04 bits per heavy atom. The minimum Gasteiger partial charge on any atom is -0.508 e. The number of phenolic OH excluding ortho intramolecular Hbond substituents is 1. The molecule has 0 radical (unpaired) electrons. The Labute approximate surface area is 141 Å². The molecule has 0 aliphatic rings. The van der Waals surface area contributed by atoms with Crippen molar-refractivity contribution in [2.45, 2.75) is 43.4 Å². The molecule has 23 heavy (non-hydrogen) atoms. The summed E-state index contributed by atoms with van der Waals surface area (Å²) >= 11 is 0. The van der Waals surface area contributed by atoms with Crippen LogP contribution in [0.15, 0.2) is 40.1 Å². The minimum atomic E-state index is -1.26. The van der Waals surface area contributed by atoms with Crippen molar-refractivity contribution in [2.75, 3.05) is 19.0 Å². The first-order chi connectivity index (χ1) is 10.7. The van der Waals surface area contributed by atoms with Crippen LogP contribution in [0, 0.1) is 13.8 Å². The van der Waals surface area contributed by atoms with Gasteiger partial charge >= 0.3 is 0 Å². The molecule has 2 aromatic carbocycles. The molecule has 0 saturated carbocycles. The van der Waals surface area contributed by atoms with E-state index in [0.29, 0.717) is 0 Å². The molecule has 0 aliphatic carbocycles. The molecule has 1 atom stereocenters. The third-order valence-electron chi connectivity index (χ3n) is 3.98. The molecule has 2 rings (SSSR count). The van der Waals surface area contributed by atoms with Crippen LogP contribution in [0.25, 0.3) is 0 Å². The van der Waals surface area contributed by atoms with E-state index in [4.69, 9.17) is 0 Å². The van der Waals surface area contributed by atoms with Crippen LogP contribution in [0.4, 0.5) is 5.69 Å². The minimum absolute atomic E-state index is 0.185. The summed E-state index contributed by atoms with van der Waals surface area (Å²) in [4.78, 5) is 3.63. The highest BCUT2D eigenvalue weighted by atomic mass is 32.2. The van der Waals surface area contributed by atoms with Crippen LogP contribution in [-0.4, -0.2) is 23.4 Å². The maximum atomic E-state index is 13.1. The average Bonchev–Trinajstić information content (AvgIpc) is 2.46. The topological polar surface area (TPSA) is 40.5 Å². The first-order valence-corrected chi connectivity index (χ1v) is 8.90. The highest BCUT2D eigenvalue weighted by Gasteiger charge is 2.17. The van der Waals surface area contributed by atoms with E-state index in [1.54, 1.807) is 12.1 Å². The first kappa shape index (κ1) is 17.5. The molecule has 2 aromatic rings. The lowest BCUT2D eigenvalue weighted by Gasteiger charge is -2.18. The molecule has 4 heteroatoms. The summed E-state index contributed by atoms with van der Waals surface area (Å²) in [6, 6.07) is 9.36. The van der Waals surface area contributed by atoms with Gasteiger partial charge in [0, 0.05) is 29.6 Å². The van der Waals surface area contributed by atoms with Crippen LogP contribution in [0.2, 0.25) is 0 Å². The molecule has 0 heterocycles. The monoisotopic (exact) mass is 331 g/mol. The second-order valence-electron chi connectivity index (χ2n) is 6.45. The molecule has 0 aromatic heterocycles. The Morgan fingerprint density at radius 2 is 1.61 bits per heavy atom. The van der Waals surface area contributed by atoms with Crippen molar-refractivity contribution >= 4 is 16.5 Å². The Kier molecular flexibility index (Phi) is 5.15. The van der Waals surface area contributed by atoms with Gasteiger partial charge in [-0.15, -0.1) is 0 Å². The Balaban J connectivity index is 2.51. The average molecular weight is 331 g/mol. The SMILES string of the molecule is Cc1cc(N(C)C)cc(C)c1S(=O)c1ccc(O)c(C(C)C)c1. The second kappa shape index (κ2) is 6.75. The lowest BCUT2D eigenvalue weighted by Crippen LogP contribution is -2.10. The fraction of sp³-hybridized carbons (Fsp3) is 0.368. The fourth-order valence-electron chi connectivity index (χ4n) is 2.71. The predicted molar refractivity (Wildman–Crippen MR) is 97.1 cm³/mol. The number of hydrogen-bond acceptors (Lipinski definition) is 3. The van der Waals surface area contributed by atoms with Gasteiger partial charge in [-0.2, -0.15) is 0 Å². The van der Waals surface area contributed by atoms with E-state index < -0.39 is 10.8 Å². The predicted octanol–water partition coefficient (Wildman–Crippen LogP) is 4.37. The smallest absolute Gasteiger partial charge is 0.119 e. The van der Waals surface area contributed by atoms with Gasteiger partial charge in [-0.25, -0.2) is 4.21 Å². The molecular weight excluding hydrogens is 306 g/mol. The Morgan fingerprint density at radius 3 is 2.09 bits per heavy atom. The zero-order valence-electron chi connectivity index (χ0n) is 14.7. The van der Waals surface area contributed by atoms with Gasteiger partial charge in [0.05, 0.1) is 10.8 Å². The molecule has 0 saturated heterocycles. The van der Waals surface area contributed by atoms with Gasteiger partial charge in [0.15, 0.2) is 0 Å². The van der Waals surface area contributed by atoms with Crippen molar-refractivity contribution in [3.8, 4) is 5.75 Å². The van der Waals surface area contributed by atoms with Crippen molar-refractivity contribution in [1.29, 1.82) is 0 Å². The van der Waals surface area contributed by atoms with Crippen LogP contribution in [0.5, 0.6) is 5.75 Å². The van der Waals surface area contributed by atoms with Crippen molar-refractivity contribution in [3.63, 3.8) is 0 Å². The molecule has 0 bridgehead atoms. The van der Waals surface area contributed by atoms with Crippen LogP contribution in [0.1, 0.15) is 36.5 Å². The Bertz CT molecular complexity index is 728. The highest BCUT2D eigenvalue weighted by molar-refractivity contribution is 7.85. The number of phenols is 1. The van der Waals surface area contributed by atoms with E-state index in [1.807, 2.05) is 52.8 Å². The molecule has 124 valence electrons. The van der Waals surface area contributed by atoms with Crippen LogP contribution < -0.4 is 4.90 Å². The van der Waals surface area contributed by atoms with Gasteiger partial charge in [-0.05, 0) is 66.8 Å². The summed E-state index contributed by atoms with van der Waals surface area (Å²) in [6.45, 7) is 8.03. The largest absolute Gasteiger partial charge is 0.508 e. The first-order valence-electron chi connectivity index (χ1n) is 7.75. The third-order valence-corrected chi connectivity index (χ3v) is 5.68. The number of anilines is 1. The second-order valence-corrected chi connectivity index (χ2v) is 7.86. The Hall–Kier alpha value is -1.81.